The van der Waals surface area contributed by atoms with E-state index in [0.717, 1.165) is 44.1 Å². The maximum absolute atomic E-state index is 12.3. The topological polar surface area (TPSA) is 33.0 Å². The highest BCUT2D eigenvalue weighted by Gasteiger charge is 2.31. The summed E-state index contributed by atoms with van der Waals surface area (Å²) in [6.07, 6.45) is -4.22. The third-order valence-corrected chi connectivity index (χ3v) is 11.7. The van der Waals surface area contributed by atoms with Crippen LogP contribution in [-0.2, 0) is 6.18 Å². The Morgan fingerprint density at radius 1 is 0.434 bits per heavy atom. The average Bonchev–Trinajstić information content (AvgIpc) is 3.38. The quantitative estimate of drug-likeness (QED) is 0.154. The fraction of sp³-hybridized carbons (Fsp3) is 0.167. The summed E-state index contributed by atoms with van der Waals surface area (Å²) in [5.41, 5.74) is 9.30. The van der Waals surface area contributed by atoms with Gasteiger partial charge in [-0.15, -0.1) is 0 Å². The van der Waals surface area contributed by atoms with Crippen LogP contribution in [0.5, 0.6) is 5.75 Å². The Morgan fingerprint density at radius 3 is 1.18 bits per heavy atom. The second kappa shape index (κ2) is 38.5. The second-order valence-electron chi connectivity index (χ2n) is 16.7. The number of para-hydroxylation sites is 1. The van der Waals surface area contributed by atoms with Gasteiger partial charge in [-0.3, -0.25) is 0 Å². The van der Waals surface area contributed by atoms with Crippen LogP contribution in [0.4, 0.5) is 22.0 Å². The summed E-state index contributed by atoms with van der Waals surface area (Å²) in [4.78, 5) is 0. The molecule has 0 atom stereocenters. The number of benzene rings is 9. The van der Waals surface area contributed by atoms with Crippen LogP contribution < -0.4 is 4.74 Å². The van der Waals surface area contributed by atoms with E-state index in [-0.39, 0.29) is 17.2 Å². The molecule has 9 rings (SSSR count). The minimum Gasteiger partial charge on any atom is -0.496 e. The van der Waals surface area contributed by atoms with Gasteiger partial charge in [0.2, 0.25) is 0 Å². The Kier molecular flexibility index (Phi) is 34.0. The van der Waals surface area contributed by atoms with E-state index < -0.39 is 11.7 Å². The zero-order valence-electron chi connectivity index (χ0n) is 44.7. The zero-order valence-corrected chi connectivity index (χ0v) is 47.8. The molecule has 0 saturated heterocycles. The van der Waals surface area contributed by atoms with E-state index in [1.807, 2.05) is 180 Å². The van der Waals surface area contributed by atoms with Crippen LogP contribution in [-0.4, -0.2) is 7.11 Å². The van der Waals surface area contributed by atoms with Gasteiger partial charge in [-0.25, -0.2) is 8.78 Å². The van der Waals surface area contributed by atoms with E-state index in [9.17, 15) is 22.0 Å². The summed E-state index contributed by atoms with van der Waals surface area (Å²) in [6.45, 7) is 17.2. The van der Waals surface area contributed by atoms with Gasteiger partial charge in [-0.1, -0.05) is 208 Å². The van der Waals surface area contributed by atoms with Crippen LogP contribution in [0, 0.1) is 85.3 Å². The normalized spacial score (nSPS) is 9.43. The maximum Gasteiger partial charge on any atom is 0.416 e. The number of methoxy groups -OCH3 is 1. The molecular formula is C66H67BrCl2F5NO. The standard InChI is InChI=1S/C8H7F3.C8H7N.C8H10O.C7H7Br.2C7H7Cl.2C7H7F.C7H8/c1-6-4-2-3-5-7(6)8(9,10)11;1-7-4-2-3-5-8(7)6-9;1-7-5-3-4-6-8(7)9-2;1-6-4-2-3-5-7(6)8;1-6-3-2-4-7(8)5-6;1-6-4-2-3-5-7(6)8;1-6-3-2-4-7(8)5-6;1-6-4-2-3-5-7(6)8;1-7-5-3-2-4-6-7/h2-5H,1H3;2-5H,1H3;3-6H,1-2H3;5*2-5H,1H3;2-6H,1H3. The lowest BCUT2D eigenvalue weighted by Gasteiger charge is -2.08. The average molecular weight is 1140 g/mol. The second-order valence-corrected chi connectivity index (χ2v) is 18.4. The summed E-state index contributed by atoms with van der Waals surface area (Å²) in [6, 6.07) is 70.2. The molecule has 9 aromatic rings. The van der Waals surface area contributed by atoms with E-state index in [1.54, 1.807) is 38.3 Å². The summed E-state index contributed by atoms with van der Waals surface area (Å²) >= 11 is 14.7. The van der Waals surface area contributed by atoms with Crippen LogP contribution in [0.15, 0.2) is 229 Å². The predicted octanol–water partition coefficient (Wildman–Crippen LogP) is 21.2. The van der Waals surface area contributed by atoms with Crippen molar-refractivity contribution in [2.45, 2.75) is 68.5 Å². The third-order valence-electron chi connectivity index (χ3n) is 10.2. The van der Waals surface area contributed by atoms with Gasteiger partial charge in [0, 0.05) is 14.5 Å². The predicted molar refractivity (Wildman–Crippen MR) is 315 cm³/mol. The summed E-state index contributed by atoms with van der Waals surface area (Å²) < 4.78 is 66.9. The van der Waals surface area contributed by atoms with E-state index >= 15 is 0 Å². The van der Waals surface area contributed by atoms with Crippen LogP contribution in [0.2, 0.25) is 10.0 Å². The largest absolute Gasteiger partial charge is 0.496 e. The molecule has 0 spiro atoms. The molecule has 0 aliphatic heterocycles. The number of aryl methyl sites for hydroxylation is 9. The summed E-state index contributed by atoms with van der Waals surface area (Å²) in [5.74, 6) is 0.662. The monoisotopic (exact) mass is 1130 g/mol. The lowest BCUT2D eigenvalue weighted by Crippen LogP contribution is -2.06. The van der Waals surface area contributed by atoms with Gasteiger partial charge in [0.1, 0.15) is 17.4 Å². The Bertz CT molecular complexity index is 2800. The molecule has 0 bridgehead atoms. The van der Waals surface area contributed by atoms with E-state index in [4.69, 9.17) is 33.2 Å². The van der Waals surface area contributed by atoms with Gasteiger partial charge < -0.3 is 4.74 Å². The summed E-state index contributed by atoms with van der Waals surface area (Å²) in [7, 11) is 1.68. The molecule has 9 aromatic carbocycles. The first-order chi connectivity index (χ1) is 36.1. The molecule has 0 saturated carbocycles. The lowest BCUT2D eigenvalue weighted by molar-refractivity contribution is -0.138. The molecule has 2 nitrogen and oxygen atoms in total. The fourth-order valence-corrected chi connectivity index (χ4v) is 6.44. The van der Waals surface area contributed by atoms with Crippen molar-refractivity contribution in [3.05, 3.63) is 312 Å². The molecule has 0 aromatic heterocycles. The van der Waals surface area contributed by atoms with Gasteiger partial charge in [0.05, 0.1) is 24.3 Å². The van der Waals surface area contributed by atoms with Crippen molar-refractivity contribution in [3.63, 3.8) is 0 Å². The molecule has 0 aliphatic carbocycles. The van der Waals surface area contributed by atoms with E-state index in [2.05, 4.69) is 54.0 Å². The van der Waals surface area contributed by atoms with Gasteiger partial charge in [0.25, 0.3) is 0 Å². The Labute approximate surface area is 467 Å². The number of nitriles is 1. The van der Waals surface area contributed by atoms with Crippen molar-refractivity contribution in [2.75, 3.05) is 7.11 Å². The molecule has 0 amide bonds. The van der Waals surface area contributed by atoms with Crippen LogP contribution in [0.25, 0.3) is 0 Å². The fourth-order valence-electron chi connectivity index (χ4n) is 5.77. The molecule has 0 heterocycles. The zero-order chi connectivity index (χ0) is 56.9. The highest BCUT2D eigenvalue weighted by atomic mass is 79.9. The number of alkyl halides is 3. The number of ether oxygens (including phenoxy) is 1. The number of hydrogen-bond acceptors (Lipinski definition) is 2. The number of halogens is 8. The van der Waals surface area contributed by atoms with Gasteiger partial charge >= 0.3 is 6.18 Å². The highest BCUT2D eigenvalue weighted by molar-refractivity contribution is 9.10. The van der Waals surface area contributed by atoms with Crippen molar-refractivity contribution in [1.82, 2.24) is 0 Å². The highest BCUT2D eigenvalue weighted by Crippen LogP contribution is 2.31. The van der Waals surface area contributed by atoms with Crippen molar-refractivity contribution in [1.29, 1.82) is 5.26 Å². The number of hydrogen-bond donors (Lipinski definition) is 0. The molecule has 76 heavy (non-hydrogen) atoms. The van der Waals surface area contributed by atoms with Gasteiger partial charge in [-0.2, -0.15) is 18.4 Å². The van der Waals surface area contributed by atoms with Crippen LogP contribution in [0.3, 0.4) is 0 Å². The first-order valence-electron chi connectivity index (χ1n) is 23.9. The van der Waals surface area contributed by atoms with Crippen molar-refractivity contribution < 1.29 is 26.7 Å². The van der Waals surface area contributed by atoms with E-state index in [0.29, 0.717) is 5.56 Å². The molecule has 0 radical (unpaired) electrons. The van der Waals surface area contributed by atoms with Crippen LogP contribution >= 0.6 is 39.1 Å². The van der Waals surface area contributed by atoms with Crippen molar-refractivity contribution in [2.24, 2.45) is 0 Å². The van der Waals surface area contributed by atoms with Crippen molar-refractivity contribution in [3.8, 4) is 11.8 Å². The Morgan fingerprint density at radius 2 is 0.882 bits per heavy atom. The number of nitrogens with zero attached hydrogens (tertiary/aromatic N) is 1. The molecule has 0 unspecified atom stereocenters. The number of rotatable bonds is 1. The van der Waals surface area contributed by atoms with Crippen LogP contribution in [0.1, 0.15) is 61.2 Å². The lowest BCUT2D eigenvalue weighted by atomic mass is 10.1. The minimum atomic E-state index is -4.22. The SMILES string of the molecule is COc1ccccc1C.Cc1cccc(Cl)c1.Cc1cccc(F)c1.Cc1ccccc1.Cc1ccccc1Br.Cc1ccccc1C#N.Cc1ccccc1C(F)(F)F.Cc1ccccc1Cl.Cc1ccccc1F. The molecular weight excluding hydrogens is 1070 g/mol. The first-order valence-corrected chi connectivity index (χ1v) is 25.4. The molecule has 0 aliphatic rings. The Hall–Kier alpha value is -7.02. The van der Waals surface area contributed by atoms with Crippen molar-refractivity contribution >= 4 is 39.1 Å². The first kappa shape index (κ1) is 67.0. The maximum atomic E-state index is 12.3. The minimum absolute atomic E-state index is 0.132. The smallest absolute Gasteiger partial charge is 0.416 e. The Balaban J connectivity index is 0.000000428. The third kappa shape index (κ3) is 31.0. The molecule has 0 fully saturated rings. The summed E-state index contributed by atoms with van der Waals surface area (Å²) in [5, 5.41) is 10.1. The molecule has 398 valence electrons. The molecule has 0 N–H and O–H groups in total. The van der Waals surface area contributed by atoms with Gasteiger partial charge in [-0.05, 0) is 167 Å². The van der Waals surface area contributed by atoms with Gasteiger partial charge in [0.15, 0.2) is 0 Å². The molecule has 10 heteroatoms. The van der Waals surface area contributed by atoms with E-state index in [1.165, 1.54) is 64.0 Å².